The zero-order chi connectivity index (χ0) is 10.9. The van der Waals surface area contributed by atoms with Gasteiger partial charge in [0.1, 0.15) is 6.33 Å². The van der Waals surface area contributed by atoms with Gasteiger partial charge in [-0.1, -0.05) is 6.92 Å². The van der Waals surface area contributed by atoms with Crippen LogP contribution >= 0.6 is 0 Å². The highest BCUT2D eigenvalue weighted by molar-refractivity contribution is 5.18. The third-order valence-electron chi connectivity index (χ3n) is 1.67. The summed E-state index contributed by atoms with van der Waals surface area (Å²) in [6.07, 6.45) is 3.20. The van der Waals surface area contributed by atoms with E-state index >= 15 is 0 Å². The van der Waals surface area contributed by atoms with E-state index in [1.807, 2.05) is 6.92 Å². The van der Waals surface area contributed by atoms with Crippen molar-refractivity contribution in [1.29, 1.82) is 0 Å². The Balaban J connectivity index is 2.42. The van der Waals surface area contributed by atoms with Gasteiger partial charge in [0.25, 0.3) is 0 Å². The lowest BCUT2D eigenvalue weighted by Gasteiger charge is -2.06. The van der Waals surface area contributed by atoms with Crippen LogP contribution < -0.4 is 15.2 Å². The zero-order valence-electron chi connectivity index (χ0n) is 8.98. The van der Waals surface area contributed by atoms with Crippen LogP contribution in [-0.2, 0) is 0 Å². The predicted molar refractivity (Wildman–Crippen MR) is 57.0 cm³/mol. The van der Waals surface area contributed by atoms with E-state index in [4.69, 9.17) is 15.2 Å². The molecule has 0 saturated carbocycles. The van der Waals surface area contributed by atoms with E-state index in [0.717, 1.165) is 12.8 Å². The maximum absolute atomic E-state index is 5.36. The van der Waals surface area contributed by atoms with Crippen LogP contribution in [0.5, 0.6) is 11.8 Å². The molecule has 0 aliphatic rings. The summed E-state index contributed by atoms with van der Waals surface area (Å²) in [7, 11) is 0. The molecule has 1 rings (SSSR count). The maximum Gasteiger partial charge on any atom is 0.220 e. The average molecular weight is 211 g/mol. The predicted octanol–water partition coefficient (Wildman–Crippen LogP) is 0.993. The molecule has 1 aromatic heterocycles. The molecule has 0 bridgehead atoms. The first-order valence-electron chi connectivity index (χ1n) is 5.14. The molecule has 15 heavy (non-hydrogen) atoms. The summed E-state index contributed by atoms with van der Waals surface area (Å²) < 4.78 is 10.7. The van der Waals surface area contributed by atoms with Gasteiger partial charge in [0, 0.05) is 0 Å². The van der Waals surface area contributed by atoms with Gasteiger partial charge in [-0.2, -0.15) is 0 Å². The van der Waals surface area contributed by atoms with Crippen LogP contribution in [0.4, 0.5) is 0 Å². The van der Waals surface area contributed by atoms with E-state index in [0.29, 0.717) is 31.5 Å². The third-order valence-corrected chi connectivity index (χ3v) is 1.67. The molecule has 0 amide bonds. The van der Waals surface area contributed by atoms with Crippen molar-refractivity contribution in [3.8, 4) is 11.8 Å². The fourth-order valence-electron chi connectivity index (χ4n) is 0.947. The summed E-state index contributed by atoms with van der Waals surface area (Å²) in [6.45, 7) is 3.88. The van der Waals surface area contributed by atoms with Crippen LogP contribution in [0.3, 0.4) is 0 Å². The zero-order valence-corrected chi connectivity index (χ0v) is 8.98. The van der Waals surface area contributed by atoms with Crippen molar-refractivity contribution in [3.63, 3.8) is 0 Å². The van der Waals surface area contributed by atoms with Crippen LogP contribution in [0.25, 0.3) is 0 Å². The summed E-state index contributed by atoms with van der Waals surface area (Å²) in [5, 5.41) is 0. The maximum atomic E-state index is 5.36. The lowest BCUT2D eigenvalue weighted by molar-refractivity contribution is 0.283. The molecule has 0 unspecified atom stereocenters. The minimum atomic E-state index is 0.532. The first-order valence-corrected chi connectivity index (χ1v) is 5.14. The number of hydrogen-bond acceptors (Lipinski definition) is 5. The lowest BCUT2D eigenvalue weighted by atomic mass is 10.5. The molecular weight excluding hydrogens is 194 g/mol. The normalized spacial score (nSPS) is 10.0. The van der Waals surface area contributed by atoms with Gasteiger partial charge < -0.3 is 15.2 Å². The molecule has 0 aliphatic heterocycles. The van der Waals surface area contributed by atoms with Crippen molar-refractivity contribution < 1.29 is 9.47 Å². The summed E-state index contributed by atoms with van der Waals surface area (Å²) in [4.78, 5) is 7.93. The molecular formula is C10H17N3O2. The second kappa shape index (κ2) is 7.00. The molecule has 5 heteroatoms. The van der Waals surface area contributed by atoms with Gasteiger partial charge in [0.15, 0.2) is 0 Å². The molecule has 0 radical (unpaired) electrons. The Morgan fingerprint density at radius 1 is 1.20 bits per heavy atom. The summed E-state index contributed by atoms with van der Waals surface area (Å²) in [6, 6.07) is 1.69. The van der Waals surface area contributed by atoms with E-state index in [-0.39, 0.29) is 0 Å². The van der Waals surface area contributed by atoms with Gasteiger partial charge in [-0.3, -0.25) is 0 Å². The van der Waals surface area contributed by atoms with Crippen molar-refractivity contribution in [2.75, 3.05) is 19.8 Å². The minimum Gasteiger partial charge on any atom is -0.478 e. The largest absolute Gasteiger partial charge is 0.478 e. The monoisotopic (exact) mass is 211 g/mol. The van der Waals surface area contributed by atoms with Crippen LogP contribution in [0.15, 0.2) is 12.4 Å². The van der Waals surface area contributed by atoms with Crippen molar-refractivity contribution in [2.24, 2.45) is 5.73 Å². The molecule has 0 aromatic carbocycles. The number of ether oxygens (including phenoxy) is 2. The first-order chi connectivity index (χ1) is 7.36. The van der Waals surface area contributed by atoms with Gasteiger partial charge in [-0.25, -0.2) is 9.97 Å². The minimum absolute atomic E-state index is 0.532. The van der Waals surface area contributed by atoms with Crippen molar-refractivity contribution in [2.45, 2.75) is 19.8 Å². The Labute approximate surface area is 89.6 Å². The molecule has 2 N–H and O–H groups in total. The molecule has 0 fully saturated rings. The molecule has 1 aromatic rings. The fraction of sp³-hybridized carbons (Fsp3) is 0.600. The summed E-state index contributed by atoms with van der Waals surface area (Å²) in [5.41, 5.74) is 5.35. The molecule has 84 valence electrons. The van der Waals surface area contributed by atoms with Crippen molar-refractivity contribution >= 4 is 0 Å². The number of aromatic nitrogens is 2. The summed E-state index contributed by atoms with van der Waals surface area (Å²) >= 11 is 0. The molecule has 0 atom stereocenters. The van der Waals surface area contributed by atoms with E-state index in [1.165, 1.54) is 6.33 Å². The van der Waals surface area contributed by atoms with Crippen LogP contribution in [0.2, 0.25) is 0 Å². The SMILES string of the molecule is CCCOc1cc(OCCCN)ncn1. The lowest BCUT2D eigenvalue weighted by Crippen LogP contribution is -2.07. The average Bonchev–Trinajstić information content (AvgIpc) is 2.27. The Bertz CT molecular complexity index is 281. The Kier molecular flexibility index (Phi) is 5.47. The molecule has 5 nitrogen and oxygen atoms in total. The van der Waals surface area contributed by atoms with E-state index < -0.39 is 0 Å². The number of hydrogen-bond donors (Lipinski definition) is 1. The van der Waals surface area contributed by atoms with Gasteiger partial charge in [-0.15, -0.1) is 0 Å². The standard InChI is InChI=1S/C10H17N3O2/c1-2-5-14-9-7-10(13-8-12-9)15-6-3-4-11/h7-8H,2-6,11H2,1H3. The van der Waals surface area contributed by atoms with E-state index in [2.05, 4.69) is 9.97 Å². The third kappa shape index (κ3) is 4.60. The van der Waals surface area contributed by atoms with E-state index in [9.17, 15) is 0 Å². The highest BCUT2D eigenvalue weighted by Crippen LogP contribution is 2.13. The van der Waals surface area contributed by atoms with E-state index in [1.54, 1.807) is 6.07 Å². The first kappa shape index (κ1) is 11.7. The van der Waals surface area contributed by atoms with Crippen LogP contribution in [0, 0.1) is 0 Å². The molecule has 0 aliphatic carbocycles. The fourth-order valence-corrected chi connectivity index (χ4v) is 0.947. The van der Waals surface area contributed by atoms with Crippen LogP contribution in [-0.4, -0.2) is 29.7 Å². The number of nitrogens with zero attached hydrogens (tertiary/aromatic N) is 2. The number of nitrogens with two attached hydrogens (primary N) is 1. The second-order valence-corrected chi connectivity index (χ2v) is 3.03. The van der Waals surface area contributed by atoms with Gasteiger partial charge in [0.2, 0.25) is 11.8 Å². The van der Waals surface area contributed by atoms with Gasteiger partial charge in [-0.05, 0) is 19.4 Å². The highest BCUT2D eigenvalue weighted by atomic mass is 16.5. The molecule has 0 saturated heterocycles. The molecule has 0 spiro atoms. The van der Waals surface area contributed by atoms with Crippen LogP contribution in [0.1, 0.15) is 19.8 Å². The molecule has 1 heterocycles. The van der Waals surface area contributed by atoms with Crippen molar-refractivity contribution in [1.82, 2.24) is 9.97 Å². The number of rotatable bonds is 7. The Morgan fingerprint density at radius 3 is 2.47 bits per heavy atom. The quantitative estimate of drug-likeness (QED) is 0.681. The van der Waals surface area contributed by atoms with Gasteiger partial charge >= 0.3 is 0 Å². The Morgan fingerprint density at radius 2 is 1.87 bits per heavy atom. The highest BCUT2D eigenvalue weighted by Gasteiger charge is 1.99. The summed E-state index contributed by atoms with van der Waals surface area (Å²) in [5.74, 6) is 1.08. The smallest absolute Gasteiger partial charge is 0.220 e. The Hall–Kier alpha value is -1.36. The van der Waals surface area contributed by atoms with Gasteiger partial charge in [0.05, 0.1) is 19.3 Å². The topological polar surface area (TPSA) is 70.3 Å². The second-order valence-electron chi connectivity index (χ2n) is 3.03. The van der Waals surface area contributed by atoms with Crippen molar-refractivity contribution in [3.05, 3.63) is 12.4 Å².